The molecule has 0 unspecified atom stereocenters. The van der Waals surface area contributed by atoms with Gasteiger partial charge in [0, 0.05) is 82.5 Å². The van der Waals surface area contributed by atoms with Crippen LogP contribution < -0.4 is 0 Å². The highest BCUT2D eigenvalue weighted by Crippen LogP contribution is 2.51. The molecule has 0 fully saturated rings. The third kappa shape index (κ3) is 7.96. The Kier molecular flexibility index (Phi) is 10.7. The van der Waals surface area contributed by atoms with Crippen molar-refractivity contribution in [2.75, 3.05) is 0 Å². The summed E-state index contributed by atoms with van der Waals surface area (Å²) in [6.45, 7) is 4.62. The highest BCUT2D eigenvalue weighted by molar-refractivity contribution is 6.26. The van der Waals surface area contributed by atoms with Gasteiger partial charge >= 0.3 is 0 Å². The number of nitrogens with zero attached hydrogens (tertiary/aromatic N) is 9. The summed E-state index contributed by atoms with van der Waals surface area (Å²) in [7, 11) is 0. The number of fused-ring (bicyclic) bond motifs is 13. The van der Waals surface area contributed by atoms with Crippen LogP contribution in [0, 0.1) is 0 Å². The van der Waals surface area contributed by atoms with E-state index in [0.29, 0.717) is 34.4 Å². The van der Waals surface area contributed by atoms with Crippen LogP contribution in [0.25, 0.3) is 162 Å². The molecule has 0 bridgehead atoms. The maximum absolute atomic E-state index is 11.0. The molecule has 9 heteroatoms. The molecule has 5 heterocycles. The van der Waals surface area contributed by atoms with Crippen LogP contribution in [0.4, 0.5) is 0 Å². The number of benzene rings is 12. The average Bonchev–Trinajstić information content (AvgIpc) is 1.57. The van der Waals surface area contributed by atoms with Gasteiger partial charge < -0.3 is 13.7 Å². The second-order valence-corrected chi connectivity index (χ2v) is 23.6. The monoisotopic (exact) mass is 1150 g/mol. The molecular weight excluding hydrogens is 1100 g/mol. The van der Waals surface area contributed by atoms with E-state index in [9.17, 15) is 4.11 Å². The first-order valence-electron chi connectivity index (χ1n) is 31.8. The van der Waals surface area contributed by atoms with Crippen LogP contribution in [0.1, 0.15) is 29.1 Å². The predicted molar refractivity (Wildman–Crippen MR) is 366 cm³/mol. The summed E-state index contributed by atoms with van der Waals surface area (Å²) in [5, 5.41) is 5.87. The first-order chi connectivity index (χ1) is 45.7. The van der Waals surface area contributed by atoms with Crippen molar-refractivity contribution in [1.82, 2.24) is 43.6 Å². The van der Waals surface area contributed by atoms with E-state index in [-0.39, 0.29) is 52.0 Å². The molecule has 5 aromatic heterocycles. The van der Waals surface area contributed by atoms with Gasteiger partial charge in [0.15, 0.2) is 34.9 Å². The molecule has 1 aliphatic carbocycles. The van der Waals surface area contributed by atoms with Crippen molar-refractivity contribution in [3.63, 3.8) is 0 Å². The Bertz CT molecular complexity index is 5880. The SMILES string of the molecule is [2H]c1c([2H])c(-n2c3ccccc3c3ccc4c(c5ccccc5n4-c4ccc5c(c4)C(C)(C)c4ccccc4-5)c32)c(-c2nc(-c3ccccc3)nc(-c3ccccc3)n2)c([2H])c1-c1nc(-c2ccccc2)nc(-c2ccc3c(c2)c2ccccc2n3-c2ccccc2)n1. The van der Waals surface area contributed by atoms with Crippen molar-refractivity contribution in [2.24, 2.45) is 0 Å². The number of aromatic nitrogens is 9. The Morgan fingerprint density at radius 2 is 0.767 bits per heavy atom. The van der Waals surface area contributed by atoms with E-state index in [2.05, 4.69) is 167 Å². The molecule has 1 aliphatic rings. The van der Waals surface area contributed by atoms with Crippen molar-refractivity contribution < 1.29 is 4.11 Å². The predicted octanol–water partition coefficient (Wildman–Crippen LogP) is 19.7. The van der Waals surface area contributed by atoms with Gasteiger partial charge in [-0.05, 0) is 107 Å². The van der Waals surface area contributed by atoms with Crippen molar-refractivity contribution in [3.8, 4) is 96.5 Å². The second kappa shape index (κ2) is 20.1. The zero-order valence-electron chi connectivity index (χ0n) is 51.9. The molecule has 0 saturated heterocycles. The lowest BCUT2D eigenvalue weighted by Gasteiger charge is -2.22. The highest BCUT2D eigenvalue weighted by atomic mass is 15.1. The molecule has 422 valence electrons. The Morgan fingerprint density at radius 1 is 0.300 bits per heavy atom. The first-order valence-corrected chi connectivity index (χ1v) is 30.3. The number of para-hydroxylation sites is 4. The van der Waals surface area contributed by atoms with Crippen LogP contribution in [-0.2, 0) is 5.41 Å². The van der Waals surface area contributed by atoms with Gasteiger partial charge in [0.05, 0.1) is 42.9 Å². The van der Waals surface area contributed by atoms with E-state index < -0.39 is 0 Å². The molecule has 9 nitrogen and oxygen atoms in total. The fourth-order valence-corrected chi connectivity index (χ4v) is 13.9. The zero-order valence-corrected chi connectivity index (χ0v) is 48.9. The number of hydrogen-bond acceptors (Lipinski definition) is 6. The number of rotatable bonds is 9. The van der Waals surface area contributed by atoms with Crippen LogP contribution in [0.15, 0.2) is 285 Å². The molecule has 0 atom stereocenters. The summed E-state index contributed by atoms with van der Waals surface area (Å²) >= 11 is 0. The van der Waals surface area contributed by atoms with Gasteiger partial charge in [-0.3, -0.25) is 0 Å². The van der Waals surface area contributed by atoms with Gasteiger partial charge in [0.1, 0.15) is 0 Å². The molecule has 0 aliphatic heterocycles. The first kappa shape index (κ1) is 48.2. The van der Waals surface area contributed by atoms with Gasteiger partial charge in [0.2, 0.25) is 0 Å². The molecule has 17 aromatic rings. The summed E-state index contributed by atoms with van der Waals surface area (Å²) < 4.78 is 39.1. The largest absolute Gasteiger partial charge is 0.309 e. The lowest BCUT2D eigenvalue weighted by molar-refractivity contribution is 0.660. The van der Waals surface area contributed by atoms with E-state index in [0.717, 1.165) is 87.9 Å². The minimum atomic E-state index is -0.251. The summed E-state index contributed by atoms with van der Waals surface area (Å²) in [6, 6.07) is 90.3. The average molecular weight is 1160 g/mol. The normalized spacial score (nSPS) is 13.1. The maximum atomic E-state index is 11.0. The van der Waals surface area contributed by atoms with E-state index in [1.54, 1.807) is 0 Å². The van der Waals surface area contributed by atoms with Crippen molar-refractivity contribution in [1.29, 1.82) is 0 Å². The molecule has 90 heavy (non-hydrogen) atoms. The minimum absolute atomic E-state index is 0.0217. The van der Waals surface area contributed by atoms with Crippen LogP contribution in [0.2, 0.25) is 0 Å². The molecule has 18 rings (SSSR count). The van der Waals surface area contributed by atoms with E-state index in [1.807, 2.05) is 127 Å². The summed E-state index contributed by atoms with van der Waals surface area (Å²) in [4.78, 5) is 31.6. The summed E-state index contributed by atoms with van der Waals surface area (Å²) in [5.41, 5.74) is 15.8. The van der Waals surface area contributed by atoms with Gasteiger partial charge in [-0.1, -0.05) is 214 Å². The number of hydrogen-bond donors (Lipinski definition) is 0. The lowest BCUT2D eigenvalue weighted by atomic mass is 9.82. The summed E-state index contributed by atoms with van der Waals surface area (Å²) in [6.07, 6.45) is 0. The van der Waals surface area contributed by atoms with Crippen LogP contribution in [0.5, 0.6) is 0 Å². The van der Waals surface area contributed by atoms with Crippen molar-refractivity contribution in [2.45, 2.75) is 19.3 Å². The van der Waals surface area contributed by atoms with Gasteiger partial charge in [-0.2, -0.15) is 0 Å². The lowest BCUT2D eigenvalue weighted by Crippen LogP contribution is -2.15. The highest BCUT2D eigenvalue weighted by Gasteiger charge is 2.36. The second-order valence-electron chi connectivity index (χ2n) is 23.6. The van der Waals surface area contributed by atoms with Gasteiger partial charge in [0.25, 0.3) is 0 Å². The fraction of sp³-hybridized carbons (Fsp3) is 0.0370. The van der Waals surface area contributed by atoms with Crippen LogP contribution in [-0.4, -0.2) is 43.6 Å². The zero-order chi connectivity index (χ0) is 62.2. The fourth-order valence-electron chi connectivity index (χ4n) is 13.9. The molecule has 12 aromatic carbocycles. The third-order valence-electron chi connectivity index (χ3n) is 18.1. The van der Waals surface area contributed by atoms with Gasteiger partial charge in [-0.25, -0.2) is 29.9 Å². The quantitative estimate of drug-likeness (QED) is 0.143. The third-order valence-corrected chi connectivity index (χ3v) is 18.1. The Balaban J connectivity index is 0.938. The molecule has 0 amide bonds. The maximum Gasteiger partial charge on any atom is 0.166 e. The molecule has 0 saturated carbocycles. The molecule has 0 N–H and O–H groups in total. The Morgan fingerprint density at radius 3 is 1.41 bits per heavy atom. The van der Waals surface area contributed by atoms with Gasteiger partial charge in [-0.15, -0.1) is 0 Å². The van der Waals surface area contributed by atoms with E-state index in [4.69, 9.17) is 29.9 Å². The Labute approximate surface area is 522 Å². The minimum Gasteiger partial charge on any atom is -0.309 e. The smallest absolute Gasteiger partial charge is 0.166 e. The standard InChI is InChI=1S/C81H53N9/c1-81(2)65-35-19-15-31-57(65)58-42-41-56(49-66(58)81)89-69-38-22-18-34-62(69)73-72(89)46-43-61-59-32-16-21-37-68(59)90(74(61)73)71-45-40-54(48-64(71)80-86-76(51-25-9-4-10-26-51)82-77(87-80)52-27-11-5-12-28-52)79-84-75(50-23-7-3-8-24-50)83-78(85-79)53-39-44-70-63(47-53)60-33-17-20-36-67(60)88(70)55-29-13-6-14-30-55/h3-49H,1-2H3/i40D,45D,48D. The van der Waals surface area contributed by atoms with Crippen LogP contribution in [0.3, 0.4) is 0 Å². The van der Waals surface area contributed by atoms with Crippen LogP contribution >= 0.6 is 0 Å². The van der Waals surface area contributed by atoms with Crippen molar-refractivity contribution >= 4 is 65.4 Å². The summed E-state index contributed by atoms with van der Waals surface area (Å²) in [5.74, 6) is 1.61. The molecular formula is C81H53N9. The molecule has 0 spiro atoms. The Hall–Kier alpha value is -11.9. The van der Waals surface area contributed by atoms with E-state index >= 15 is 0 Å². The molecule has 0 radical (unpaired) electrons. The van der Waals surface area contributed by atoms with E-state index in [1.165, 1.54) is 22.3 Å². The topological polar surface area (TPSA) is 92.1 Å². The van der Waals surface area contributed by atoms with Crippen molar-refractivity contribution in [3.05, 3.63) is 296 Å².